The molecule has 0 aromatic heterocycles. The molecule has 0 N–H and O–H groups in total. The van der Waals surface area contributed by atoms with Crippen LogP contribution in [0.2, 0.25) is 0 Å². The first-order valence-electron chi connectivity index (χ1n) is 6.96. The molecule has 3 heteroatoms. The lowest BCUT2D eigenvalue weighted by molar-refractivity contribution is -0.119. The highest BCUT2D eigenvalue weighted by atomic mass is 16.5. The Kier molecular flexibility index (Phi) is 3.48. The van der Waals surface area contributed by atoms with Crippen LogP contribution < -0.4 is 4.90 Å². The van der Waals surface area contributed by atoms with E-state index in [4.69, 9.17) is 4.74 Å². The van der Waals surface area contributed by atoms with E-state index in [2.05, 4.69) is 0 Å². The maximum Gasteiger partial charge on any atom is 0.260 e. The third-order valence-corrected chi connectivity index (χ3v) is 3.71. The summed E-state index contributed by atoms with van der Waals surface area (Å²) < 4.78 is 6.01. The SMILES string of the molecule is CC1=C(C)C(=O)N(c2ccccc2)C(c2ccccc2)O1. The maximum absolute atomic E-state index is 12.7. The summed E-state index contributed by atoms with van der Waals surface area (Å²) in [6.07, 6.45) is -0.426. The minimum atomic E-state index is -0.426. The van der Waals surface area contributed by atoms with Crippen molar-refractivity contribution in [1.82, 2.24) is 0 Å². The van der Waals surface area contributed by atoms with Gasteiger partial charge in [-0.15, -0.1) is 0 Å². The van der Waals surface area contributed by atoms with Gasteiger partial charge in [-0.05, 0) is 26.0 Å². The number of ether oxygens (including phenoxy) is 1. The fraction of sp³-hybridized carbons (Fsp3) is 0.167. The Morgan fingerprint density at radius 3 is 2.10 bits per heavy atom. The second kappa shape index (κ2) is 5.44. The molecule has 1 amide bonds. The van der Waals surface area contributed by atoms with Gasteiger partial charge < -0.3 is 4.74 Å². The van der Waals surface area contributed by atoms with Crippen LogP contribution in [0.15, 0.2) is 72.0 Å². The lowest BCUT2D eigenvalue weighted by atomic mass is 10.1. The van der Waals surface area contributed by atoms with Gasteiger partial charge in [0.05, 0.1) is 5.57 Å². The van der Waals surface area contributed by atoms with Crippen molar-refractivity contribution in [2.45, 2.75) is 20.1 Å². The molecule has 1 atom stereocenters. The van der Waals surface area contributed by atoms with E-state index < -0.39 is 6.23 Å². The summed E-state index contributed by atoms with van der Waals surface area (Å²) >= 11 is 0. The molecule has 0 saturated carbocycles. The molecule has 0 spiro atoms. The summed E-state index contributed by atoms with van der Waals surface area (Å²) in [6.45, 7) is 3.64. The van der Waals surface area contributed by atoms with Crippen molar-refractivity contribution in [2.75, 3.05) is 4.90 Å². The molecule has 21 heavy (non-hydrogen) atoms. The number of allylic oxidation sites excluding steroid dienone is 1. The Morgan fingerprint density at radius 1 is 0.905 bits per heavy atom. The smallest absolute Gasteiger partial charge is 0.260 e. The zero-order chi connectivity index (χ0) is 14.8. The number of hydrogen-bond donors (Lipinski definition) is 0. The Hall–Kier alpha value is -2.55. The molecule has 106 valence electrons. The average Bonchev–Trinajstić information content (AvgIpc) is 2.54. The van der Waals surface area contributed by atoms with Gasteiger partial charge in [-0.2, -0.15) is 0 Å². The van der Waals surface area contributed by atoms with Crippen molar-refractivity contribution in [3.63, 3.8) is 0 Å². The molecule has 0 radical (unpaired) electrons. The van der Waals surface area contributed by atoms with E-state index >= 15 is 0 Å². The van der Waals surface area contributed by atoms with Crippen molar-refractivity contribution < 1.29 is 9.53 Å². The van der Waals surface area contributed by atoms with E-state index in [1.165, 1.54) is 0 Å². The summed E-state index contributed by atoms with van der Waals surface area (Å²) in [5.41, 5.74) is 2.44. The first kappa shape index (κ1) is 13.4. The highest BCUT2D eigenvalue weighted by Crippen LogP contribution is 2.35. The van der Waals surface area contributed by atoms with Crippen LogP contribution in [-0.2, 0) is 9.53 Å². The fourth-order valence-electron chi connectivity index (χ4n) is 2.42. The summed E-state index contributed by atoms with van der Waals surface area (Å²) in [5.74, 6) is 0.667. The average molecular weight is 279 g/mol. The highest BCUT2D eigenvalue weighted by Gasteiger charge is 2.34. The second-order valence-electron chi connectivity index (χ2n) is 5.07. The summed E-state index contributed by atoms with van der Waals surface area (Å²) in [5, 5.41) is 0. The first-order chi connectivity index (χ1) is 10.2. The molecular formula is C18H17NO2. The van der Waals surface area contributed by atoms with E-state index in [9.17, 15) is 4.79 Å². The monoisotopic (exact) mass is 279 g/mol. The molecule has 2 aromatic rings. The minimum Gasteiger partial charge on any atom is -0.470 e. The maximum atomic E-state index is 12.7. The molecule has 2 aromatic carbocycles. The van der Waals surface area contributed by atoms with Gasteiger partial charge in [-0.25, -0.2) is 0 Å². The summed E-state index contributed by atoms with van der Waals surface area (Å²) in [7, 11) is 0. The van der Waals surface area contributed by atoms with Crippen LogP contribution in [0.3, 0.4) is 0 Å². The minimum absolute atomic E-state index is 0.0150. The number of hydrogen-bond acceptors (Lipinski definition) is 2. The predicted octanol–water partition coefficient (Wildman–Crippen LogP) is 4.04. The molecule has 0 saturated heterocycles. The number of benzene rings is 2. The molecule has 3 rings (SSSR count). The Morgan fingerprint density at radius 2 is 1.48 bits per heavy atom. The summed E-state index contributed by atoms with van der Waals surface area (Å²) in [4.78, 5) is 14.4. The predicted molar refractivity (Wildman–Crippen MR) is 82.6 cm³/mol. The molecule has 1 heterocycles. The van der Waals surface area contributed by atoms with E-state index in [-0.39, 0.29) is 5.91 Å². The third kappa shape index (κ3) is 2.42. The van der Waals surface area contributed by atoms with Gasteiger partial charge in [-0.1, -0.05) is 48.5 Å². The van der Waals surface area contributed by atoms with Gasteiger partial charge in [0.25, 0.3) is 5.91 Å². The van der Waals surface area contributed by atoms with Crippen molar-refractivity contribution in [1.29, 1.82) is 0 Å². The summed E-state index contributed by atoms with van der Waals surface area (Å²) in [6, 6.07) is 19.4. The van der Waals surface area contributed by atoms with E-state index in [0.29, 0.717) is 11.3 Å². The van der Waals surface area contributed by atoms with Crippen LogP contribution in [0.25, 0.3) is 0 Å². The quantitative estimate of drug-likeness (QED) is 0.830. The molecule has 1 aliphatic heterocycles. The van der Waals surface area contributed by atoms with Gasteiger partial charge in [0.15, 0.2) is 0 Å². The first-order valence-corrected chi connectivity index (χ1v) is 6.96. The zero-order valence-electron chi connectivity index (χ0n) is 12.1. The van der Waals surface area contributed by atoms with Crippen molar-refractivity contribution in [3.05, 3.63) is 77.6 Å². The Balaban J connectivity index is 2.10. The molecule has 0 bridgehead atoms. The van der Waals surface area contributed by atoms with Crippen LogP contribution >= 0.6 is 0 Å². The molecule has 3 nitrogen and oxygen atoms in total. The van der Waals surface area contributed by atoms with Crippen LogP contribution in [0.5, 0.6) is 0 Å². The fourth-order valence-corrected chi connectivity index (χ4v) is 2.42. The number of carbonyl (C=O) groups excluding carboxylic acids is 1. The Labute approximate surface area is 124 Å². The van der Waals surface area contributed by atoms with Crippen molar-refractivity contribution in [2.24, 2.45) is 0 Å². The van der Waals surface area contributed by atoms with Crippen LogP contribution in [0.1, 0.15) is 25.6 Å². The molecule has 1 aliphatic rings. The molecular weight excluding hydrogens is 262 g/mol. The number of carbonyl (C=O) groups is 1. The number of rotatable bonds is 2. The number of anilines is 1. The number of para-hydroxylation sites is 1. The van der Waals surface area contributed by atoms with Crippen molar-refractivity contribution in [3.8, 4) is 0 Å². The topological polar surface area (TPSA) is 29.5 Å². The number of amides is 1. The van der Waals surface area contributed by atoms with E-state index in [0.717, 1.165) is 11.3 Å². The van der Waals surface area contributed by atoms with Gasteiger partial charge in [-0.3, -0.25) is 9.69 Å². The lowest BCUT2D eigenvalue weighted by Gasteiger charge is -2.37. The van der Waals surface area contributed by atoms with Gasteiger partial charge >= 0.3 is 0 Å². The van der Waals surface area contributed by atoms with Gasteiger partial charge in [0.2, 0.25) is 6.23 Å². The highest BCUT2D eigenvalue weighted by molar-refractivity contribution is 6.06. The van der Waals surface area contributed by atoms with Crippen LogP contribution in [0, 0.1) is 0 Å². The van der Waals surface area contributed by atoms with E-state index in [1.54, 1.807) is 11.8 Å². The zero-order valence-corrected chi connectivity index (χ0v) is 12.1. The second-order valence-corrected chi connectivity index (χ2v) is 5.07. The standard InChI is InChI=1S/C18H17NO2/c1-13-14(2)21-18(15-9-5-3-6-10-15)19(17(13)20)16-11-7-4-8-12-16/h3-12,18H,1-2H3. The van der Waals surface area contributed by atoms with Gasteiger partial charge in [0.1, 0.15) is 5.76 Å². The molecule has 1 unspecified atom stereocenters. The lowest BCUT2D eigenvalue weighted by Crippen LogP contribution is -2.40. The third-order valence-electron chi connectivity index (χ3n) is 3.71. The molecule has 0 fully saturated rings. The normalized spacial score (nSPS) is 18.7. The number of nitrogens with zero attached hydrogens (tertiary/aromatic N) is 1. The Bertz CT molecular complexity index is 677. The van der Waals surface area contributed by atoms with Crippen LogP contribution in [0.4, 0.5) is 5.69 Å². The molecule has 0 aliphatic carbocycles. The van der Waals surface area contributed by atoms with Crippen molar-refractivity contribution >= 4 is 11.6 Å². The van der Waals surface area contributed by atoms with E-state index in [1.807, 2.05) is 67.6 Å². The largest absolute Gasteiger partial charge is 0.470 e. The van der Waals surface area contributed by atoms with Crippen LogP contribution in [-0.4, -0.2) is 5.91 Å². The van der Waals surface area contributed by atoms with Gasteiger partial charge in [0, 0.05) is 11.3 Å².